The van der Waals surface area contributed by atoms with Crippen LogP contribution in [0.15, 0.2) is 65.3 Å². The summed E-state index contributed by atoms with van der Waals surface area (Å²) < 4.78 is 53.8. The van der Waals surface area contributed by atoms with Crippen molar-refractivity contribution in [2.45, 2.75) is 26.9 Å². The first kappa shape index (κ1) is 23.8. The van der Waals surface area contributed by atoms with E-state index in [1.807, 2.05) is 50.2 Å². The normalized spacial score (nSPS) is 11.6. The van der Waals surface area contributed by atoms with Crippen molar-refractivity contribution in [3.63, 3.8) is 0 Å². The molecule has 0 aliphatic carbocycles. The molecule has 3 aromatic carbocycles. The molecule has 0 bridgehead atoms. The summed E-state index contributed by atoms with van der Waals surface area (Å²) >= 11 is 0. The van der Waals surface area contributed by atoms with Gasteiger partial charge in [0.15, 0.2) is 11.6 Å². The standard InChI is InChI=1S/C27H27FO5S/c1-18-12-23(31-9-5-11-34(3,29)30)13-19(2)27(18)22-7-4-6-20(14-22)17-33-26-16-25-21(8-10-32-25)15-24(26)28/h4,6-8,10,12-16H,5,9,11,17H2,1-3H3. The largest absolute Gasteiger partial charge is 0.494 e. The monoisotopic (exact) mass is 482 g/mol. The highest BCUT2D eigenvalue weighted by Gasteiger charge is 2.12. The molecule has 0 saturated carbocycles. The summed E-state index contributed by atoms with van der Waals surface area (Å²) in [5, 5.41) is 0.695. The molecule has 0 N–H and O–H groups in total. The topological polar surface area (TPSA) is 65.7 Å². The van der Waals surface area contributed by atoms with Gasteiger partial charge in [-0.2, -0.15) is 0 Å². The third-order valence-electron chi connectivity index (χ3n) is 5.55. The average Bonchev–Trinajstić information content (AvgIpc) is 3.21. The lowest BCUT2D eigenvalue weighted by Crippen LogP contribution is -2.08. The van der Waals surface area contributed by atoms with Crippen molar-refractivity contribution in [2.75, 3.05) is 18.6 Å². The molecular formula is C27H27FO5S. The molecule has 4 aromatic rings. The predicted molar refractivity (Wildman–Crippen MR) is 132 cm³/mol. The molecule has 0 atom stereocenters. The Kier molecular flexibility index (Phi) is 6.93. The van der Waals surface area contributed by atoms with Gasteiger partial charge >= 0.3 is 0 Å². The first-order valence-electron chi connectivity index (χ1n) is 11.0. The molecule has 4 rings (SSSR count). The van der Waals surface area contributed by atoms with E-state index in [0.717, 1.165) is 33.6 Å². The Balaban J connectivity index is 1.47. The van der Waals surface area contributed by atoms with E-state index in [0.29, 0.717) is 24.0 Å². The number of ether oxygens (including phenoxy) is 2. The van der Waals surface area contributed by atoms with Crippen LogP contribution in [-0.4, -0.2) is 27.0 Å². The van der Waals surface area contributed by atoms with Crippen molar-refractivity contribution in [1.29, 1.82) is 0 Å². The minimum absolute atomic E-state index is 0.108. The Morgan fingerprint density at radius 2 is 1.74 bits per heavy atom. The fraction of sp³-hybridized carbons (Fsp3) is 0.259. The van der Waals surface area contributed by atoms with E-state index in [1.54, 1.807) is 12.1 Å². The average molecular weight is 483 g/mol. The number of aryl methyl sites for hydroxylation is 2. The van der Waals surface area contributed by atoms with Crippen molar-refractivity contribution in [3.05, 3.63) is 83.4 Å². The summed E-state index contributed by atoms with van der Waals surface area (Å²) in [7, 11) is -2.99. The first-order chi connectivity index (χ1) is 16.2. The molecule has 178 valence electrons. The van der Waals surface area contributed by atoms with Crippen molar-refractivity contribution in [1.82, 2.24) is 0 Å². The van der Waals surface area contributed by atoms with Gasteiger partial charge in [-0.05, 0) is 78.4 Å². The van der Waals surface area contributed by atoms with Crippen LogP contribution in [-0.2, 0) is 16.4 Å². The highest BCUT2D eigenvalue weighted by Crippen LogP contribution is 2.32. The van der Waals surface area contributed by atoms with Gasteiger partial charge in [0.05, 0.1) is 18.6 Å². The van der Waals surface area contributed by atoms with Gasteiger partial charge in [0.2, 0.25) is 0 Å². The number of rotatable bonds is 9. The van der Waals surface area contributed by atoms with Crippen LogP contribution in [0.2, 0.25) is 0 Å². The van der Waals surface area contributed by atoms with Gasteiger partial charge in [-0.1, -0.05) is 18.2 Å². The Hall–Kier alpha value is -3.32. The number of fused-ring (bicyclic) bond motifs is 1. The number of furan rings is 1. The number of hydrogen-bond donors (Lipinski definition) is 0. The zero-order valence-corrected chi connectivity index (χ0v) is 20.2. The van der Waals surface area contributed by atoms with E-state index in [-0.39, 0.29) is 18.1 Å². The molecule has 0 radical (unpaired) electrons. The van der Waals surface area contributed by atoms with Gasteiger partial charge < -0.3 is 13.9 Å². The molecule has 7 heteroatoms. The molecule has 5 nitrogen and oxygen atoms in total. The van der Waals surface area contributed by atoms with Crippen molar-refractivity contribution >= 4 is 20.8 Å². The minimum atomic E-state index is -2.99. The SMILES string of the molecule is Cc1cc(OCCCS(C)(=O)=O)cc(C)c1-c1cccc(COc2cc3occc3cc2F)c1. The maximum Gasteiger partial charge on any atom is 0.165 e. The van der Waals surface area contributed by atoms with E-state index < -0.39 is 15.7 Å². The van der Waals surface area contributed by atoms with E-state index in [2.05, 4.69) is 0 Å². The molecule has 0 unspecified atom stereocenters. The maximum atomic E-state index is 14.3. The zero-order chi connectivity index (χ0) is 24.3. The fourth-order valence-corrected chi connectivity index (χ4v) is 4.67. The van der Waals surface area contributed by atoms with Crippen LogP contribution in [0.1, 0.15) is 23.1 Å². The van der Waals surface area contributed by atoms with E-state index >= 15 is 0 Å². The number of sulfone groups is 1. The van der Waals surface area contributed by atoms with Crippen LogP contribution in [0.25, 0.3) is 22.1 Å². The van der Waals surface area contributed by atoms with Crippen LogP contribution in [0.4, 0.5) is 4.39 Å². The summed E-state index contributed by atoms with van der Waals surface area (Å²) in [5.41, 5.74) is 5.71. The highest BCUT2D eigenvalue weighted by molar-refractivity contribution is 7.90. The second kappa shape index (κ2) is 9.89. The summed E-state index contributed by atoms with van der Waals surface area (Å²) in [5.74, 6) is 0.550. The molecule has 1 aromatic heterocycles. The second-order valence-corrected chi connectivity index (χ2v) is 10.8. The highest BCUT2D eigenvalue weighted by atomic mass is 32.2. The Labute approximate surface area is 199 Å². The quantitative estimate of drug-likeness (QED) is 0.264. The molecule has 0 amide bonds. The lowest BCUT2D eigenvalue weighted by atomic mass is 9.94. The van der Waals surface area contributed by atoms with Crippen molar-refractivity contribution in [2.24, 2.45) is 0 Å². The Bertz CT molecular complexity index is 1400. The smallest absolute Gasteiger partial charge is 0.165 e. The molecule has 0 aliphatic heterocycles. The molecular weight excluding hydrogens is 455 g/mol. The lowest BCUT2D eigenvalue weighted by molar-refractivity contribution is 0.290. The molecule has 34 heavy (non-hydrogen) atoms. The Morgan fingerprint density at radius 1 is 0.971 bits per heavy atom. The van der Waals surface area contributed by atoms with Crippen LogP contribution >= 0.6 is 0 Å². The lowest BCUT2D eigenvalue weighted by Gasteiger charge is -2.15. The number of benzene rings is 3. The molecule has 0 saturated heterocycles. The third kappa shape index (κ3) is 5.78. The second-order valence-electron chi connectivity index (χ2n) is 8.49. The molecule has 1 heterocycles. The maximum absolute atomic E-state index is 14.3. The number of hydrogen-bond acceptors (Lipinski definition) is 5. The minimum Gasteiger partial charge on any atom is -0.494 e. The molecule has 0 spiro atoms. The Morgan fingerprint density at radius 3 is 2.47 bits per heavy atom. The number of halogens is 1. The van der Waals surface area contributed by atoms with E-state index in [4.69, 9.17) is 13.9 Å². The first-order valence-corrected chi connectivity index (χ1v) is 13.1. The van der Waals surface area contributed by atoms with E-state index in [1.165, 1.54) is 18.6 Å². The van der Waals surface area contributed by atoms with Gasteiger partial charge in [0, 0.05) is 17.7 Å². The molecule has 0 aliphatic rings. The summed E-state index contributed by atoms with van der Waals surface area (Å²) in [6.45, 7) is 4.60. The zero-order valence-electron chi connectivity index (χ0n) is 19.4. The van der Waals surface area contributed by atoms with Gasteiger partial charge in [-0.25, -0.2) is 12.8 Å². The van der Waals surface area contributed by atoms with Gasteiger partial charge in [0.25, 0.3) is 0 Å². The van der Waals surface area contributed by atoms with E-state index in [9.17, 15) is 12.8 Å². The molecule has 0 fully saturated rings. The summed E-state index contributed by atoms with van der Waals surface area (Å²) in [6.07, 6.45) is 3.20. The van der Waals surface area contributed by atoms with Gasteiger partial charge in [0.1, 0.15) is 27.8 Å². The van der Waals surface area contributed by atoms with Gasteiger partial charge in [-0.15, -0.1) is 0 Å². The van der Waals surface area contributed by atoms with Crippen LogP contribution in [0.5, 0.6) is 11.5 Å². The third-order valence-corrected chi connectivity index (χ3v) is 6.58. The summed E-state index contributed by atoms with van der Waals surface area (Å²) in [6, 6.07) is 16.6. The summed E-state index contributed by atoms with van der Waals surface area (Å²) in [4.78, 5) is 0. The van der Waals surface area contributed by atoms with Crippen LogP contribution in [0.3, 0.4) is 0 Å². The van der Waals surface area contributed by atoms with Crippen molar-refractivity contribution in [3.8, 4) is 22.6 Å². The van der Waals surface area contributed by atoms with Crippen LogP contribution < -0.4 is 9.47 Å². The van der Waals surface area contributed by atoms with Gasteiger partial charge in [-0.3, -0.25) is 0 Å². The van der Waals surface area contributed by atoms with Crippen molar-refractivity contribution < 1.29 is 26.7 Å². The van der Waals surface area contributed by atoms with Crippen LogP contribution in [0, 0.1) is 19.7 Å². The fourth-order valence-electron chi connectivity index (χ4n) is 4.02. The predicted octanol–water partition coefficient (Wildman–Crippen LogP) is 6.25.